The van der Waals surface area contributed by atoms with E-state index in [0.717, 1.165) is 19.3 Å². The van der Waals surface area contributed by atoms with E-state index in [2.05, 4.69) is 6.92 Å². The predicted octanol–water partition coefficient (Wildman–Crippen LogP) is 4.31. The fourth-order valence-electron chi connectivity index (χ4n) is 3.52. The van der Waals surface area contributed by atoms with Crippen molar-refractivity contribution in [3.8, 4) is 0 Å². The zero-order valence-electron chi connectivity index (χ0n) is 13.4. The number of ketones is 2. The van der Waals surface area contributed by atoms with Crippen LogP contribution in [0.1, 0.15) is 71.1 Å². The Hall–Kier alpha value is -1.58. The fourth-order valence-corrected chi connectivity index (χ4v) is 3.52. The minimum absolute atomic E-state index is 0.0658. The van der Waals surface area contributed by atoms with Gasteiger partial charge in [0.05, 0.1) is 11.5 Å². The maximum absolute atomic E-state index is 12.3. The van der Waals surface area contributed by atoms with Gasteiger partial charge in [-0.2, -0.15) is 0 Å². The van der Waals surface area contributed by atoms with Crippen molar-refractivity contribution in [2.45, 2.75) is 71.1 Å². The molecule has 0 spiro atoms. The van der Waals surface area contributed by atoms with Crippen LogP contribution in [0.2, 0.25) is 0 Å². The molecule has 0 saturated heterocycles. The van der Waals surface area contributed by atoms with E-state index in [1.165, 1.54) is 0 Å². The van der Waals surface area contributed by atoms with E-state index >= 15 is 0 Å². The van der Waals surface area contributed by atoms with Crippen molar-refractivity contribution in [2.24, 2.45) is 5.92 Å². The third kappa shape index (κ3) is 3.60. The highest BCUT2D eigenvalue weighted by atomic mass is 16.3. The van der Waals surface area contributed by atoms with Crippen LogP contribution in [0.5, 0.6) is 0 Å². The fraction of sp³-hybridized carbons (Fsp3) is 0.667. The summed E-state index contributed by atoms with van der Waals surface area (Å²) >= 11 is 0. The first-order valence-corrected chi connectivity index (χ1v) is 8.46. The van der Waals surface area contributed by atoms with Crippen LogP contribution in [0.15, 0.2) is 22.7 Å². The van der Waals surface area contributed by atoms with Gasteiger partial charge < -0.3 is 10.2 Å². The second-order valence-corrected chi connectivity index (χ2v) is 6.32. The van der Waals surface area contributed by atoms with Crippen molar-refractivity contribution >= 4 is 11.6 Å². The number of rotatable bonds is 6. The average molecular weight is 306 g/mol. The van der Waals surface area contributed by atoms with Gasteiger partial charge in [-0.15, -0.1) is 0 Å². The molecule has 0 radical (unpaired) electrons. The summed E-state index contributed by atoms with van der Waals surface area (Å²) in [5.41, 5.74) is 0.776. The minimum Gasteiger partial charge on any atom is -0.512 e. The molecule has 0 saturated carbocycles. The molecule has 0 unspecified atom stereocenters. The SMILES string of the molecule is CCCCCC(C1=C(O)CCCC1=O)C1=C(O)CCCC1=O. The molecule has 0 aliphatic heterocycles. The third-order valence-electron chi connectivity index (χ3n) is 4.65. The summed E-state index contributed by atoms with van der Waals surface area (Å²) in [5.74, 6) is -0.312. The van der Waals surface area contributed by atoms with Crippen LogP contribution in [0.3, 0.4) is 0 Å². The summed E-state index contributed by atoms with van der Waals surface area (Å²) in [7, 11) is 0. The maximum atomic E-state index is 12.3. The lowest BCUT2D eigenvalue weighted by molar-refractivity contribution is -0.117. The Bertz CT molecular complexity index is 471. The second kappa shape index (κ2) is 7.61. The highest BCUT2D eigenvalue weighted by molar-refractivity contribution is 6.03. The monoisotopic (exact) mass is 306 g/mol. The number of carbonyl (C=O) groups is 2. The van der Waals surface area contributed by atoms with Crippen molar-refractivity contribution in [1.29, 1.82) is 0 Å². The minimum atomic E-state index is -0.424. The van der Waals surface area contributed by atoms with Crippen molar-refractivity contribution < 1.29 is 19.8 Å². The number of aliphatic hydroxyl groups is 2. The van der Waals surface area contributed by atoms with Crippen molar-refractivity contribution in [3.63, 3.8) is 0 Å². The molecule has 4 heteroatoms. The van der Waals surface area contributed by atoms with Gasteiger partial charge in [-0.05, 0) is 19.3 Å². The van der Waals surface area contributed by atoms with E-state index in [-0.39, 0.29) is 23.1 Å². The van der Waals surface area contributed by atoms with E-state index < -0.39 is 5.92 Å². The Balaban J connectivity index is 2.38. The second-order valence-electron chi connectivity index (χ2n) is 6.32. The Kier molecular flexibility index (Phi) is 5.81. The Labute approximate surface area is 131 Å². The number of unbranched alkanes of at least 4 members (excludes halogenated alkanes) is 2. The molecule has 0 aromatic heterocycles. The quantitative estimate of drug-likeness (QED) is 0.717. The molecule has 2 aliphatic rings. The summed E-state index contributed by atoms with van der Waals surface area (Å²) in [6.07, 6.45) is 6.74. The first-order valence-electron chi connectivity index (χ1n) is 8.46. The highest BCUT2D eigenvalue weighted by Gasteiger charge is 2.35. The van der Waals surface area contributed by atoms with E-state index in [1.54, 1.807) is 0 Å². The summed E-state index contributed by atoms with van der Waals surface area (Å²) in [6.45, 7) is 2.10. The summed E-state index contributed by atoms with van der Waals surface area (Å²) in [5, 5.41) is 20.4. The van der Waals surface area contributed by atoms with Gasteiger partial charge >= 0.3 is 0 Å². The number of hydrogen-bond acceptors (Lipinski definition) is 4. The molecule has 22 heavy (non-hydrogen) atoms. The van der Waals surface area contributed by atoms with Crippen LogP contribution in [0.4, 0.5) is 0 Å². The smallest absolute Gasteiger partial charge is 0.162 e. The molecule has 0 bridgehead atoms. The van der Waals surface area contributed by atoms with Gasteiger partial charge in [0, 0.05) is 42.7 Å². The predicted molar refractivity (Wildman–Crippen MR) is 84.7 cm³/mol. The van der Waals surface area contributed by atoms with Crippen LogP contribution < -0.4 is 0 Å². The van der Waals surface area contributed by atoms with Crippen LogP contribution in [-0.2, 0) is 9.59 Å². The summed E-state index contributed by atoms with van der Waals surface area (Å²) < 4.78 is 0. The Morgan fingerprint density at radius 1 is 0.864 bits per heavy atom. The van der Waals surface area contributed by atoms with Crippen molar-refractivity contribution in [2.75, 3.05) is 0 Å². The summed E-state index contributed by atoms with van der Waals surface area (Å²) in [6, 6.07) is 0. The number of allylic oxidation sites excluding steroid dienone is 4. The molecule has 0 fully saturated rings. The highest BCUT2D eigenvalue weighted by Crippen LogP contribution is 2.38. The van der Waals surface area contributed by atoms with Gasteiger partial charge in [-0.1, -0.05) is 26.2 Å². The van der Waals surface area contributed by atoms with Crippen molar-refractivity contribution in [3.05, 3.63) is 22.7 Å². The van der Waals surface area contributed by atoms with E-state index in [0.29, 0.717) is 56.1 Å². The first kappa shape index (κ1) is 16.8. The molecule has 0 amide bonds. The van der Waals surface area contributed by atoms with Crippen LogP contribution in [0.25, 0.3) is 0 Å². The standard InChI is InChI=1S/C18H26O4/c1-2-3-4-7-12(17-13(19)8-5-9-14(17)20)18-15(21)10-6-11-16(18)22/h12,19,21H,2-11H2,1H3. The zero-order valence-corrected chi connectivity index (χ0v) is 13.4. The Morgan fingerprint density at radius 2 is 1.36 bits per heavy atom. The molecule has 2 aliphatic carbocycles. The van der Waals surface area contributed by atoms with Crippen LogP contribution in [0, 0.1) is 5.92 Å². The van der Waals surface area contributed by atoms with Crippen LogP contribution >= 0.6 is 0 Å². The van der Waals surface area contributed by atoms with Gasteiger partial charge in [0.2, 0.25) is 0 Å². The topological polar surface area (TPSA) is 74.6 Å². The lowest BCUT2D eigenvalue weighted by atomic mass is 9.75. The molecule has 0 aromatic carbocycles. The molecule has 4 nitrogen and oxygen atoms in total. The molecule has 0 heterocycles. The van der Waals surface area contributed by atoms with Gasteiger partial charge in [-0.25, -0.2) is 0 Å². The number of aliphatic hydroxyl groups excluding tert-OH is 2. The maximum Gasteiger partial charge on any atom is 0.162 e. The Morgan fingerprint density at radius 3 is 1.77 bits per heavy atom. The van der Waals surface area contributed by atoms with Gasteiger partial charge in [0.1, 0.15) is 0 Å². The molecular weight excluding hydrogens is 280 g/mol. The molecule has 0 aromatic rings. The van der Waals surface area contributed by atoms with Gasteiger partial charge in [0.15, 0.2) is 11.6 Å². The molecule has 2 rings (SSSR count). The zero-order chi connectivity index (χ0) is 16.1. The first-order chi connectivity index (χ1) is 10.6. The van der Waals surface area contributed by atoms with Crippen LogP contribution in [-0.4, -0.2) is 21.8 Å². The van der Waals surface area contributed by atoms with Gasteiger partial charge in [-0.3, -0.25) is 9.59 Å². The van der Waals surface area contributed by atoms with Crippen molar-refractivity contribution in [1.82, 2.24) is 0 Å². The molecule has 0 atom stereocenters. The number of carbonyl (C=O) groups excluding carboxylic acids is 2. The summed E-state index contributed by atoms with van der Waals surface area (Å²) in [4.78, 5) is 24.6. The van der Waals surface area contributed by atoms with E-state index in [4.69, 9.17) is 0 Å². The average Bonchev–Trinajstić information content (AvgIpc) is 2.46. The number of hydrogen-bond donors (Lipinski definition) is 2. The molecule has 2 N–H and O–H groups in total. The third-order valence-corrected chi connectivity index (χ3v) is 4.65. The normalized spacial score (nSPS) is 20.3. The lowest BCUT2D eigenvalue weighted by Gasteiger charge is -2.28. The van der Waals surface area contributed by atoms with E-state index in [9.17, 15) is 19.8 Å². The van der Waals surface area contributed by atoms with E-state index in [1.807, 2.05) is 0 Å². The lowest BCUT2D eigenvalue weighted by Crippen LogP contribution is -2.27. The largest absolute Gasteiger partial charge is 0.512 e. The number of Topliss-reactive ketones (excluding diaryl/α,β-unsaturated/α-hetero) is 2. The molecular formula is C18H26O4. The van der Waals surface area contributed by atoms with Gasteiger partial charge in [0.25, 0.3) is 0 Å². The molecule has 122 valence electrons.